The van der Waals surface area contributed by atoms with Crippen LogP contribution in [0.3, 0.4) is 0 Å². The Bertz CT molecular complexity index is 1870. The average molecular weight is 572 g/mol. The van der Waals surface area contributed by atoms with E-state index in [1.165, 1.54) is 63.5 Å². The Hall–Kier alpha value is -3.69. The van der Waals surface area contributed by atoms with E-state index < -0.39 is 21.0 Å². The zero-order valence-corrected chi connectivity index (χ0v) is 23.3. The minimum Gasteiger partial charge on any atom is -0.478 e. The van der Waals surface area contributed by atoms with Gasteiger partial charge in [0.05, 0.1) is 11.6 Å². The summed E-state index contributed by atoms with van der Waals surface area (Å²) < 4.78 is 44.6. The third-order valence-electron chi connectivity index (χ3n) is 9.97. The molecule has 0 unspecified atom stereocenters. The number of hydrogen-bond acceptors (Lipinski definition) is 5. The maximum atomic E-state index is 12.6. The second-order valence-electron chi connectivity index (χ2n) is 12.1. The zero-order chi connectivity index (χ0) is 28.0. The van der Waals surface area contributed by atoms with Crippen molar-refractivity contribution in [1.82, 2.24) is 4.58 Å². The predicted octanol–water partition coefficient (Wildman–Crippen LogP) is 5.38. The summed E-state index contributed by atoms with van der Waals surface area (Å²) in [7, 11) is -4.74. The fraction of sp³-hybridized carbons (Fsp3) is 0.375. The summed E-state index contributed by atoms with van der Waals surface area (Å²) in [5, 5.41) is 11.3. The standard InChI is InChI=1S/C32H30N2O6S/c35-32(36)18-1-12-27(30(15-18)41(37,38)39)31-25-13-10-23(33-19-2-3-20(33)5-4-19)16-28(25)40-29-17-24(11-14-26(29)31)34-21-6-7-22(34)9-8-21/h1,10-17,19-22H,2-9H2,(H-,35,36,37,38,39)/p+1. The lowest BCUT2D eigenvalue weighted by molar-refractivity contribution is 0.0696. The molecule has 0 saturated carbocycles. The molecule has 41 heavy (non-hydrogen) atoms. The van der Waals surface area contributed by atoms with Crippen molar-refractivity contribution in [3.63, 3.8) is 0 Å². The van der Waals surface area contributed by atoms with Crippen LogP contribution in [0.15, 0.2) is 63.9 Å². The molecule has 0 atom stereocenters. The van der Waals surface area contributed by atoms with E-state index in [4.69, 9.17) is 4.42 Å². The van der Waals surface area contributed by atoms with Crippen LogP contribution in [0.5, 0.6) is 0 Å². The second kappa shape index (κ2) is 8.90. The summed E-state index contributed by atoms with van der Waals surface area (Å²) in [5.74, 6) is -0.643. The van der Waals surface area contributed by atoms with Crippen LogP contribution >= 0.6 is 0 Å². The van der Waals surface area contributed by atoms with Gasteiger partial charge in [-0.15, -0.1) is 0 Å². The van der Waals surface area contributed by atoms with Gasteiger partial charge >= 0.3 is 5.97 Å². The maximum Gasteiger partial charge on any atom is 0.335 e. The average Bonchev–Trinajstić information content (AvgIpc) is 3.76. The van der Waals surface area contributed by atoms with E-state index >= 15 is 0 Å². The Balaban J connectivity index is 1.42. The van der Waals surface area contributed by atoms with Gasteiger partial charge in [-0.1, -0.05) is 6.07 Å². The summed E-state index contributed by atoms with van der Waals surface area (Å²) >= 11 is 0. The molecule has 2 aromatic rings. The number of carboxylic acid groups (broad SMARTS) is 1. The highest BCUT2D eigenvalue weighted by Crippen LogP contribution is 2.46. The summed E-state index contributed by atoms with van der Waals surface area (Å²) in [4.78, 5) is 13.8. The quantitative estimate of drug-likeness (QED) is 0.192. The number of benzene rings is 3. The van der Waals surface area contributed by atoms with Crippen molar-refractivity contribution >= 4 is 32.7 Å². The van der Waals surface area contributed by atoms with Crippen molar-refractivity contribution in [3.8, 4) is 22.5 Å². The number of rotatable bonds is 4. The Labute approximate surface area is 237 Å². The van der Waals surface area contributed by atoms with Crippen LogP contribution in [0.4, 0.5) is 5.69 Å². The van der Waals surface area contributed by atoms with Crippen LogP contribution in [0, 0.1) is 0 Å². The fourth-order valence-electron chi connectivity index (χ4n) is 8.22. The lowest BCUT2D eigenvalue weighted by atomic mass is 9.92. The van der Waals surface area contributed by atoms with E-state index in [1.807, 2.05) is 12.1 Å². The van der Waals surface area contributed by atoms with E-state index in [1.54, 1.807) is 0 Å². The summed E-state index contributed by atoms with van der Waals surface area (Å²) in [6.07, 6.45) is 9.54. The van der Waals surface area contributed by atoms with E-state index in [0.717, 1.165) is 17.1 Å². The number of nitrogens with zero attached hydrogens (tertiary/aromatic N) is 2. The van der Waals surface area contributed by atoms with Gasteiger partial charge in [-0.05, 0) is 56.0 Å². The number of fused-ring (bicyclic) bond motifs is 6. The van der Waals surface area contributed by atoms with Gasteiger partial charge in [0.1, 0.15) is 16.2 Å². The highest BCUT2D eigenvalue weighted by Gasteiger charge is 2.44. The fourth-order valence-corrected chi connectivity index (χ4v) is 8.95. The van der Waals surface area contributed by atoms with E-state index in [9.17, 15) is 22.9 Å². The topological polar surface area (TPSA) is 111 Å². The van der Waals surface area contributed by atoms with Crippen LogP contribution in [-0.2, 0) is 10.1 Å². The molecule has 0 aromatic heterocycles. The molecule has 4 bridgehead atoms. The molecule has 9 heteroatoms. The molecule has 6 aliphatic rings. The van der Waals surface area contributed by atoms with Crippen molar-refractivity contribution in [1.29, 1.82) is 0 Å². The molecule has 8 rings (SSSR count). The number of carbonyl (C=O) groups is 1. The minimum atomic E-state index is -4.74. The largest absolute Gasteiger partial charge is 0.478 e. The smallest absolute Gasteiger partial charge is 0.335 e. The molecule has 2 N–H and O–H groups in total. The summed E-state index contributed by atoms with van der Waals surface area (Å²) in [6, 6.07) is 18.2. The summed E-state index contributed by atoms with van der Waals surface area (Å²) in [6.45, 7) is 0. The number of anilines is 1. The van der Waals surface area contributed by atoms with Gasteiger partial charge in [0.2, 0.25) is 5.36 Å². The first kappa shape index (κ1) is 25.1. The van der Waals surface area contributed by atoms with Crippen molar-refractivity contribution in [3.05, 3.63) is 65.5 Å². The zero-order valence-electron chi connectivity index (χ0n) is 22.5. The number of aromatic carboxylic acids is 1. The molecule has 0 amide bonds. The maximum absolute atomic E-state index is 12.6. The van der Waals surface area contributed by atoms with Gasteiger partial charge in [0.25, 0.3) is 10.1 Å². The Kier molecular flexibility index (Phi) is 5.44. The van der Waals surface area contributed by atoms with Gasteiger partial charge in [0.15, 0.2) is 12.1 Å². The lowest BCUT2D eigenvalue weighted by Crippen LogP contribution is -2.33. The SMILES string of the molecule is O=C(O)c1ccc(-c2c3ccc(=[N+]4C5CCC4CC5)cc-3oc3cc(N4C5CCC4CC5)ccc23)c(S(=O)(=O)O)c1. The molecule has 210 valence electrons. The molecule has 4 saturated heterocycles. The van der Waals surface area contributed by atoms with Crippen molar-refractivity contribution in [2.75, 3.05) is 4.90 Å². The monoisotopic (exact) mass is 571 g/mol. The molecule has 0 spiro atoms. The molecule has 1 aliphatic carbocycles. The first-order valence-corrected chi connectivity index (χ1v) is 16.0. The molecule has 5 aliphatic heterocycles. The van der Waals surface area contributed by atoms with Crippen LogP contribution < -0.4 is 14.8 Å². The number of hydrogen-bond donors (Lipinski definition) is 2. The van der Waals surface area contributed by atoms with Gasteiger partial charge in [-0.3, -0.25) is 4.55 Å². The molecular weight excluding hydrogens is 540 g/mol. The van der Waals surface area contributed by atoms with Crippen LogP contribution in [-0.4, -0.2) is 48.2 Å². The summed E-state index contributed by atoms with van der Waals surface area (Å²) in [5.41, 5.74) is 3.05. The van der Waals surface area contributed by atoms with Crippen molar-refractivity contribution in [2.45, 2.75) is 80.4 Å². The molecule has 5 heterocycles. The van der Waals surface area contributed by atoms with Gasteiger partial charge in [-0.25, -0.2) is 9.37 Å². The van der Waals surface area contributed by atoms with Gasteiger partial charge in [0, 0.05) is 77.7 Å². The molecule has 2 aromatic carbocycles. The molecule has 0 radical (unpaired) electrons. The third kappa shape index (κ3) is 3.85. The normalized spacial score (nSPS) is 25.2. The molecular formula is C32H31N2O6S+. The first-order valence-electron chi connectivity index (χ1n) is 14.5. The van der Waals surface area contributed by atoms with Gasteiger partial charge in [-0.2, -0.15) is 8.42 Å². The van der Waals surface area contributed by atoms with Crippen molar-refractivity contribution < 1.29 is 27.3 Å². The predicted molar refractivity (Wildman–Crippen MR) is 155 cm³/mol. The van der Waals surface area contributed by atoms with E-state index in [2.05, 4.69) is 33.7 Å². The van der Waals surface area contributed by atoms with Crippen LogP contribution in [0.1, 0.15) is 61.7 Å². The van der Waals surface area contributed by atoms with Gasteiger partial charge < -0.3 is 14.4 Å². The Morgan fingerprint density at radius 1 is 0.829 bits per heavy atom. The lowest BCUT2D eigenvalue weighted by Gasteiger charge is -2.25. The van der Waals surface area contributed by atoms with Crippen molar-refractivity contribution in [2.24, 2.45) is 0 Å². The van der Waals surface area contributed by atoms with E-state index in [-0.39, 0.29) is 11.1 Å². The second-order valence-corrected chi connectivity index (χ2v) is 13.5. The minimum absolute atomic E-state index is 0.214. The van der Waals surface area contributed by atoms with Crippen LogP contribution in [0.2, 0.25) is 0 Å². The van der Waals surface area contributed by atoms with E-state index in [0.29, 0.717) is 52.0 Å². The highest BCUT2D eigenvalue weighted by molar-refractivity contribution is 7.86. The Morgan fingerprint density at radius 3 is 2.12 bits per heavy atom. The Morgan fingerprint density at radius 2 is 1.49 bits per heavy atom. The third-order valence-corrected chi connectivity index (χ3v) is 10.9. The number of carboxylic acids is 1. The molecule has 8 nitrogen and oxygen atoms in total. The van der Waals surface area contributed by atoms with Crippen LogP contribution in [0.25, 0.3) is 33.4 Å². The highest BCUT2D eigenvalue weighted by atomic mass is 32.2. The molecule has 4 fully saturated rings. The first-order chi connectivity index (χ1) is 19.8.